The summed E-state index contributed by atoms with van der Waals surface area (Å²) in [7, 11) is 1.90. The minimum absolute atomic E-state index is 0.0186. The van der Waals surface area contributed by atoms with Crippen LogP contribution in [0.1, 0.15) is 32.4 Å². The third-order valence-corrected chi connectivity index (χ3v) is 3.36. The van der Waals surface area contributed by atoms with E-state index in [0.717, 1.165) is 43.7 Å². The van der Waals surface area contributed by atoms with Gasteiger partial charge in [-0.3, -0.25) is 9.48 Å². The Balaban J connectivity index is 2.12. The summed E-state index contributed by atoms with van der Waals surface area (Å²) in [6.07, 6.45) is 4.74. The van der Waals surface area contributed by atoms with Gasteiger partial charge in [0.15, 0.2) is 0 Å². The second-order valence-corrected chi connectivity index (χ2v) is 4.77. The quantitative estimate of drug-likeness (QED) is 0.851. The van der Waals surface area contributed by atoms with E-state index in [2.05, 4.69) is 24.3 Å². The van der Waals surface area contributed by atoms with Gasteiger partial charge in [0, 0.05) is 19.8 Å². The van der Waals surface area contributed by atoms with E-state index in [4.69, 9.17) is 0 Å². The number of nitrogens with one attached hydrogen (secondary N) is 1. The van der Waals surface area contributed by atoms with Gasteiger partial charge < -0.3 is 10.2 Å². The number of nitrogens with zero attached hydrogens (tertiary/aromatic N) is 3. The van der Waals surface area contributed by atoms with E-state index < -0.39 is 0 Å². The summed E-state index contributed by atoms with van der Waals surface area (Å²) in [4.78, 5) is 14.2. The maximum Gasteiger partial charge on any atom is 0.244 e. The third kappa shape index (κ3) is 2.41. The highest BCUT2D eigenvalue weighted by Crippen LogP contribution is 2.25. The van der Waals surface area contributed by atoms with Crippen molar-refractivity contribution in [3.8, 4) is 0 Å². The fourth-order valence-electron chi connectivity index (χ4n) is 2.43. The van der Waals surface area contributed by atoms with Crippen LogP contribution in [0.4, 0.5) is 5.69 Å². The molecule has 1 N–H and O–H groups in total. The van der Waals surface area contributed by atoms with Gasteiger partial charge in [0.25, 0.3) is 0 Å². The van der Waals surface area contributed by atoms with Gasteiger partial charge >= 0.3 is 0 Å². The first-order chi connectivity index (χ1) is 8.67. The van der Waals surface area contributed by atoms with Crippen LogP contribution in [0.15, 0.2) is 6.20 Å². The summed E-state index contributed by atoms with van der Waals surface area (Å²) < 4.78 is 1.79. The van der Waals surface area contributed by atoms with Crippen LogP contribution in [0.3, 0.4) is 0 Å². The van der Waals surface area contributed by atoms with E-state index in [-0.39, 0.29) is 11.9 Å². The van der Waals surface area contributed by atoms with Crippen molar-refractivity contribution in [1.29, 1.82) is 0 Å². The van der Waals surface area contributed by atoms with Gasteiger partial charge in [-0.1, -0.05) is 13.8 Å². The Labute approximate surface area is 108 Å². The van der Waals surface area contributed by atoms with E-state index in [0.29, 0.717) is 0 Å². The molecule has 100 valence electrons. The fraction of sp³-hybridized carbons (Fsp3) is 0.692. The van der Waals surface area contributed by atoms with Crippen molar-refractivity contribution in [3.63, 3.8) is 0 Å². The lowest BCUT2D eigenvalue weighted by atomic mass is 10.2. The van der Waals surface area contributed by atoms with Gasteiger partial charge in [-0.05, 0) is 25.8 Å². The van der Waals surface area contributed by atoms with Crippen molar-refractivity contribution in [2.75, 3.05) is 18.0 Å². The van der Waals surface area contributed by atoms with Gasteiger partial charge in [0.1, 0.15) is 0 Å². The topological polar surface area (TPSA) is 50.2 Å². The van der Waals surface area contributed by atoms with Crippen LogP contribution < -0.4 is 10.2 Å². The minimum Gasteiger partial charge on any atom is -0.308 e. The van der Waals surface area contributed by atoms with Crippen molar-refractivity contribution < 1.29 is 4.79 Å². The largest absolute Gasteiger partial charge is 0.308 e. The summed E-state index contributed by atoms with van der Waals surface area (Å²) in [6, 6.07) is -0.0186. The van der Waals surface area contributed by atoms with Crippen molar-refractivity contribution in [3.05, 3.63) is 11.9 Å². The van der Waals surface area contributed by atoms with E-state index in [1.165, 1.54) is 0 Å². The van der Waals surface area contributed by atoms with Crippen LogP contribution in [-0.2, 0) is 18.3 Å². The zero-order valence-corrected chi connectivity index (χ0v) is 11.4. The molecule has 1 aromatic heterocycles. The standard InChI is InChI=1S/C13H22N4O/c1-4-7-14-11-6-8-17(13(11)18)12-9-16(3)15-10(12)5-2/h9,11,14H,4-8H2,1-3H3. The first-order valence-corrected chi connectivity index (χ1v) is 6.74. The predicted molar refractivity (Wildman–Crippen MR) is 71.6 cm³/mol. The molecular formula is C13H22N4O. The number of aryl methyl sites for hydroxylation is 2. The molecule has 0 spiro atoms. The molecule has 2 rings (SSSR count). The zero-order valence-electron chi connectivity index (χ0n) is 11.4. The number of aromatic nitrogens is 2. The SMILES string of the molecule is CCCNC1CCN(c2cn(C)nc2CC)C1=O. The Morgan fingerprint density at radius 1 is 1.50 bits per heavy atom. The molecule has 1 fully saturated rings. The summed E-state index contributed by atoms with van der Waals surface area (Å²) in [6.45, 7) is 5.87. The maximum atomic E-state index is 12.3. The lowest BCUT2D eigenvalue weighted by Gasteiger charge is -2.16. The first-order valence-electron chi connectivity index (χ1n) is 6.74. The summed E-state index contributed by atoms with van der Waals surface area (Å²) in [5.74, 6) is 0.186. The van der Waals surface area contributed by atoms with Crippen molar-refractivity contribution >= 4 is 11.6 Å². The number of carbonyl (C=O) groups excluding carboxylic acids is 1. The molecule has 0 aromatic carbocycles. The summed E-state index contributed by atoms with van der Waals surface area (Å²) in [5.41, 5.74) is 1.98. The highest BCUT2D eigenvalue weighted by atomic mass is 16.2. The van der Waals surface area contributed by atoms with Crippen LogP contribution in [0.5, 0.6) is 0 Å². The predicted octanol–water partition coefficient (Wildman–Crippen LogP) is 1.09. The number of carbonyl (C=O) groups is 1. The highest BCUT2D eigenvalue weighted by molar-refractivity contribution is 5.99. The Morgan fingerprint density at radius 3 is 2.94 bits per heavy atom. The molecule has 0 aliphatic carbocycles. The van der Waals surface area contributed by atoms with Gasteiger partial charge in [-0.25, -0.2) is 0 Å². The molecule has 1 aliphatic rings. The van der Waals surface area contributed by atoms with Crippen molar-refractivity contribution in [2.45, 2.75) is 39.2 Å². The molecule has 2 heterocycles. The van der Waals surface area contributed by atoms with E-state index in [1.54, 1.807) is 4.68 Å². The summed E-state index contributed by atoms with van der Waals surface area (Å²) >= 11 is 0. The molecule has 5 nitrogen and oxygen atoms in total. The molecule has 1 amide bonds. The molecule has 18 heavy (non-hydrogen) atoms. The van der Waals surface area contributed by atoms with Gasteiger partial charge in [-0.15, -0.1) is 0 Å². The normalized spacial score (nSPS) is 19.8. The maximum absolute atomic E-state index is 12.3. The van der Waals surface area contributed by atoms with Crippen LogP contribution in [0.25, 0.3) is 0 Å². The zero-order chi connectivity index (χ0) is 13.1. The van der Waals surface area contributed by atoms with Crippen molar-refractivity contribution in [1.82, 2.24) is 15.1 Å². The van der Waals surface area contributed by atoms with E-state index in [1.807, 2.05) is 18.1 Å². The van der Waals surface area contributed by atoms with Gasteiger partial charge in [0.05, 0.1) is 17.4 Å². The van der Waals surface area contributed by atoms with Gasteiger partial charge in [-0.2, -0.15) is 5.10 Å². The number of rotatable bonds is 5. The molecule has 1 aliphatic heterocycles. The van der Waals surface area contributed by atoms with Crippen molar-refractivity contribution in [2.24, 2.45) is 7.05 Å². The van der Waals surface area contributed by atoms with Gasteiger partial charge in [0.2, 0.25) is 5.91 Å². The molecular weight excluding hydrogens is 228 g/mol. The fourth-order valence-corrected chi connectivity index (χ4v) is 2.43. The molecule has 5 heteroatoms. The minimum atomic E-state index is -0.0186. The monoisotopic (exact) mass is 250 g/mol. The van der Waals surface area contributed by atoms with E-state index in [9.17, 15) is 4.79 Å². The molecule has 0 bridgehead atoms. The molecule has 0 saturated carbocycles. The number of amides is 1. The first kappa shape index (κ1) is 13.1. The Morgan fingerprint density at radius 2 is 2.28 bits per heavy atom. The van der Waals surface area contributed by atoms with Crippen LogP contribution in [-0.4, -0.2) is 34.8 Å². The second kappa shape index (κ2) is 5.52. The Hall–Kier alpha value is -1.36. The number of hydrogen-bond acceptors (Lipinski definition) is 3. The molecule has 0 radical (unpaired) electrons. The second-order valence-electron chi connectivity index (χ2n) is 4.77. The van der Waals surface area contributed by atoms with Crippen LogP contribution in [0.2, 0.25) is 0 Å². The Bertz CT molecular complexity index is 427. The average molecular weight is 250 g/mol. The highest BCUT2D eigenvalue weighted by Gasteiger charge is 2.33. The Kier molecular flexibility index (Phi) is 4.01. The number of anilines is 1. The third-order valence-electron chi connectivity index (χ3n) is 3.36. The average Bonchev–Trinajstić information content (AvgIpc) is 2.90. The van der Waals surface area contributed by atoms with E-state index >= 15 is 0 Å². The number of hydrogen-bond donors (Lipinski definition) is 1. The molecule has 1 saturated heterocycles. The summed E-state index contributed by atoms with van der Waals surface area (Å²) in [5, 5.41) is 7.70. The van der Waals surface area contributed by atoms with Crippen LogP contribution in [0, 0.1) is 0 Å². The molecule has 1 aromatic rings. The molecule has 1 atom stereocenters. The van der Waals surface area contributed by atoms with Crippen LogP contribution >= 0.6 is 0 Å². The smallest absolute Gasteiger partial charge is 0.244 e. The molecule has 1 unspecified atom stereocenters. The lowest BCUT2D eigenvalue weighted by molar-refractivity contribution is -0.118. The lowest BCUT2D eigenvalue weighted by Crippen LogP contribution is -2.38.